The van der Waals surface area contributed by atoms with Gasteiger partial charge in [0.1, 0.15) is 16.4 Å². The minimum absolute atomic E-state index is 0.0312. The normalized spacial score (nSPS) is 11.5. The van der Waals surface area contributed by atoms with Crippen LogP contribution in [-0.2, 0) is 10.0 Å². The van der Waals surface area contributed by atoms with Gasteiger partial charge in [-0.2, -0.15) is 0 Å². The second-order valence-corrected chi connectivity index (χ2v) is 8.45. The predicted molar refractivity (Wildman–Crippen MR) is 109 cm³/mol. The Kier molecular flexibility index (Phi) is 4.70. The second-order valence-electron chi connectivity index (χ2n) is 5.92. The van der Waals surface area contributed by atoms with Crippen LogP contribution in [0.15, 0.2) is 65.1 Å². The monoisotopic (exact) mass is 415 g/mol. The number of methoxy groups -OCH3 is 2. The molecule has 0 radical (unpaired) electrons. The molecule has 0 atom stereocenters. The molecule has 1 N–H and O–H groups in total. The molecule has 28 heavy (non-hydrogen) atoms. The quantitative estimate of drug-likeness (QED) is 0.517. The van der Waals surface area contributed by atoms with Gasteiger partial charge in [0.05, 0.1) is 19.9 Å². The first-order valence-corrected chi connectivity index (χ1v) is 10.6. The lowest BCUT2D eigenvalue weighted by atomic mass is 10.1. The van der Waals surface area contributed by atoms with Crippen molar-refractivity contribution in [3.8, 4) is 22.8 Å². The number of ether oxygens (including phenoxy) is 2. The van der Waals surface area contributed by atoms with Crippen LogP contribution < -0.4 is 14.2 Å². The zero-order chi connectivity index (χ0) is 19.7. The van der Waals surface area contributed by atoms with Crippen LogP contribution in [0.25, 0.3) is 16.2 Å². The number of benzene rings is 2. The van der Waals surface area contributed by atoms with Crippen LogP contribution in [0.5, 0.6) is 11.5 Å². The second kappa shape index (κ2) is 7.17. The molecular formula is C19H17N3O4S2. The molecule has 2 heterocycles. The molecule has 0 aliphatic carbocycles. The smallest absolute Gasteiger partial charge is 0.265 e. The Morgan fingerprint density at radius 2 is 1.96 bits per heavy atom. The Hall–Kier alpha value is -3.04. The molecule has 2 aromatic heterocycles. The van der Waals surface area contributed by atoms with E-state index >= 15 is 0 Å². The van der Waals surface area contributed by atoms with E-state index in [2.05, 4.69) is 9.71 Å². The van der Waals surface area contributed by atoms with E-state index in [0.29, 0.717) is 11.4 Å². The van der Waals surface area contributed by atoms with Crippen molar-refractivity contribution in [2.24, 2.45) is 0 Å². The van der Waals surface area contributed by atoms with Crippen molar-refractivity contribution in [3.63, 3.8) is 0 Å². The van der Waals surface area contributed by atoms with Gasteiger partial charge in [0.15, 0.2) is 4.96 Å². The lowest BCUT2D eigenvalue weighted by Crippen LogP contribution is -2.14. The highest BCUT2D eigenvalue weighted by atomic mass is 32.2. The van der Waals surface area contributed by atoms with Gasteiger partial charge in [-0.25, -0.2) is 13.4 Å². The maximum Gasteiger partial charge on any atom is 0.265 e. The molecule has 4 aromatic rings. The van der Waals surface area contributed by atoms with Crippen LogP contribution in [0, 0.1) is 0 Å². The summed E-state index contributed by atoms with van der Waals surface area (Å²) in [4.78, 5) is 5.47. The van der Waals surface area contributed by atoms with Gasteiger partial charge in [-0.1, -0.05) is 12.1 Å². The van der Waals surface area contributed by atoms with E-state index in [4.69, 9.17) is 9.47 Å². The molecule has 0 saturated heterocycles. The Balaban J connectivity index is 1.66. The fourth-order valence-corrected chi connectivity index (χ4v) is 4.72. The first-order valence-electron chi connectivity index (χ1n) is 8.27. The summed E-state index contributed by atoms with van der Waals surface area (Å²) in [5.74, 6) is 0.717. The van der Waals surface area contributed by atoms with Crippen LogP contribution >= 0.6 is 11.3 Å². The maximum atomic E-state index is 12.9. The average molecular weight is 415 g/mol. The summed E-state index contributed by atoms with van der Waals surface area (Å²) in [5.41, 5.74) is 2.03. The third-order valence-electron chi connectivity index (χ3n) is 4.16. The van der Waals surface area contributed by atoms with E-state index in [1.807, 2.05) is 28.2 Å². The highest BCUT2D eigenvalue weighted by molar-refractivity contribution is 7.92. The van der Waals surface area contributed by atoms with E-state index in [-0.39, 0.29) is 10.6 Å². The van der Waals surface area contributed by atoms with Crippen LogP contribution in [0.3, 0.4) is 0 Å². The molecule has 144 valence electrons. The molecule has 9 heteroatoms. The highest BCUT2D eigenvalue weighted by Gasteiger charge is 2.20. The summed E-state index contributed by atoms with van der Waals surface area (Å²) in [6.07, 6.45) is 3.84. The van der Waals surface area contributed by atoms with E-state index in [1.165, 1.54) is 37.7 Å². The van der Waals surface area contributed by atoms with E-state index in [0.717, 1.165) is 16.2 Å². The van der Waals surface area contributed by atoms with Gasteiger partial charge < -0.3 is 9.47 Å². The zero-order valence-corrected chi connectivity index (χ0v) is 16.8. The molecule has 2 aromatic carbocycles. The largest absolute Gasteiger partial charge is 0.497 e. The summed E-state index contributed by atoms with van der Waals surface area (Å²) < 4.78 is 40.6. The number of hydrogen-bond acceptors (Lipinski definition) is 6. The van der Waals surface area contributed by atoms with Crippen molar-refractivity contribution in [2.75, 3.05) is 18.9 Å². The molecular weight excluding hydrogens is 398 g/mol. The highest BCUT2D eigenvalue weighted by Crippen LogP contribution is 2.31. The van der Waals surface area contributed by atoms with Crippen molar-refractivity contribution in [3.05, 3.63) is 60.2 Å². The fraction of sp³-hybridized carbons (Fsp3) is 0.105. The molecule has 0 unspecified atom stereocenters. The molecule has 4 rings (SSSR count). The van der Waals surface area contributed by atoms with Crippen molar-refractivity contribution in [1.29, 1.82) is 0 Å². The predicted octanol–water partition coefficient (Wildman–Crippen LogP) is 3.88. The van der Waals surface area contributed by atoms with Crippen LogP contribution in [0.2, 0.25) is 0 Å². The van der Waals surface area contributed by atoms with Gasteiger partial charge in [0.2, 0.25) is 0 Å². The van der Waals surface area contributed by atoms with Gasteiger partial charge in [-0.15, -0.1) is 11.3 Å². The van der Waals surface area contributed by atoms with E-state index < -0.39 is 10.0 Å². The summed E-state index contributed by atoms with van der Waals surface area (Å²) >= 11 is 1.54. The molecule has 0 saturated carbocycles. The minimum Gasteiger partial charge on any atom is -0.497 e. The molecule has 0 spiro atoms. The Morgan fingerprint density at radius 1 is 1.11 bits per heavy atom. The third-order valence-corrected chi connectivity index (χ3v) is 6.36. The number of hydrogen-bond donors (Lipinski definition) is 1. The fourth-order valence-electron chi connectivity index (χ4n) is 2.82. The number of nitrogens with zero attached hydrogens (tertiary/aromatic N) is 2. The molecule has 0 aliphatic rings. The first-order chi connectivity index (χ1) is 13.5. The van der Waals surface area contributed by atoms with Crippen molar-refractivity contribution < 1.29 is 17.9 Å². The van der Waals surface area contributed by atoms with Crippen LogP contribution in [-0.4, -0.2) is 32.0 Å². The van der Waals surface area contributed by atoms with Gasteiger partial charge in [-0.3, -0.25) is 9.12 Å². The molecule has 0 fully saturated rings. The topological polar surface area (TPSA) is 81.9 Å². The Morgan fingerprint density at radius 3 is 2.71 bits per heavy atom. The summed E-state index contributed by atoms with van der Waals surface area (Å²) in [6.45, 7) is 0. The van der Waals surface area contributed by atoms with Crippen LogP contribution in [0.4, 0.5) is 5.69 Å². The lowest BCUT2D eigenvalue weighted by molar-refractivity contribution is 0.386. The van der Waals surface area contributed by atoms with Crippen molar-refractivity contribution in [1.82, 2.24) is 9.38 Å². The number of thiazole rings is 1. The zero-order valence-electron chi connectivity index (χ0n) is 15.1. The number of sulfonamides is 1. The summed E-state index contributed by atoms with van der Waals surface area (Å²) in [7, 11) is -0.926. The minimum atomic E-state index is -3.85. The average Bonchev–Trinajstić information content (AvgIpc) is 3.29. The van der Waals surface area contributed by atoms with Gasteiger partial charge in [0.25, 0.3) is 10.0 Å². The number of anilines is 1. The van der Waals surface area contributed by atoms with Gasteiger partial charge >= 0.3 is 0 Å². The Bertz CT molecular complexity index is 1220. The number of rotatable bonds is 6. The first kappa shape index (κ1) is 18.3. The number of aromatic nitrogens is 2. The van der Waals surface area contributed by atoms with Crippen LogP contribution in [0.1, 0.15) is 0 Å². The van der Waals surface area contributed by atoms with Crippen molar-refractivity contribution >= 4 is 32.0 Å². The van der Waals surface area contributed by atoms with Crippen molar-refractivity contribution in [2.45, 2.75) is 4.90 Å². The lowest BCUT2D eigenvalue weighted by Gasteiger charge is -2.13. The molecule has 0 aliphatic heterocycles. The maximum absolute atomic E-state index is 12.9. The SMILES string of the molecule is COc1ccc(S(=O)(=O)Nc2cccc(-c3cn4ccsc4n3)c2)c(OC)c1. The van der Waals surface area contributed by atoms with Gasteiger partial charge in [0, 0.05) is 35.1 Å². The van der Waals surface area contributed by atoms with E-state index in [9.17, 15) is 8.42 Å². The number of fused-ring (bicyclic) bond motifs is 1. The Labute approximate surface area is 166 Å². The molecule has 0 amide bonds. The molecule has 0 bridgehead atoms. The molecule has 7 nitrogen and oxygen atoms in total. The summed E-state index contributed by atoms with van der Waals surface area (Å²) in [6, 6.07) is 11.7. The number of imidazole rings is 1. The van der Waals surface area contributed by atoms with Gasteiger partial charge in [-0.05, 0) is 24.3 Å². The van der Waals surface area contributed by atoms with E-state index in [1.54, 1.807) is 24.3 Å². The standard InChI is InChI=1S/C19H17N3O4S2/c1-25-15-6-7-18(17(11-15)26-2)28(23,24)21-14-5-3-4-13(10-14)16-12-22-8-9-27-19(22)20-16/h3-12,21H,1-2H3. The number of nitrogens with one attached hydrogen (secondary N) is 1. The third kappa shape index (κ3) is 3.41. The summed E-state index contributed by atoms with van der Waals surface area (Å²) in [5, 5.41) is 1.96.